The van der Waals surface area contributed by atoms with E-state index in [1.165, 1.54) is 11.9 Å². The van der Waals surface area contributed by atoms with Gasteiger partial charge in [-0.25, -0.2) is 13.2 Å². The van der Waals surface area contributed by atoms with E-state index in [2.05, 4.69) is 5.32 Å². The lowest BCUT2D eigenvalue weighted by Gasteiger charge is -2.30. The second kappa shape index (κ2) is 6.02. The van der Waals surface area contributed by atoms with Gasteiger partial charge in [-0.05, 0) is 19.3 Å². The third-order valence-electron chi connectivity index (χ3n) is 5.40. The summed E-state index contributed by atoms with van der Waals surface area (Å²) in [7, 11) is -1.57. The Morgan fingerprint density at radius 1 is 1.29 bits per heavy atom. The molecule has 0 bridgehead atoms. The van der Waals surface area contributed by atoms with E-state index < -0.39 is 27.3 Å². The van der Waals surface area contributed by atoms with Crippen LogP contribution in [0.15, 0.2) is 0 Å². The quantitative estimate of drug-likeness (QED) is 0.710. The number of nitrogens with zero attached hydrogens (tertiary/aromatic N) is 2. The molecular formula is C15H23N3O5S. The first-order valence-corrected chi connectivity index (χ1v) is 10.2. The fraction of sp³-hybridized carbons (Fsp3) is 0.800. The van der Waals surface area contributed by atoms with Gasteiger partial charge < -0.3 is 10.2 Å². The van der Waals surface area contributed by atoms with Gasteiger partial charge >= 0.3 is 6.03 Å². The molecule has 3 rings (SSSR count). The first kappa shape index (κ1) is 17.2. The lowest BCUT2D eigenvalue weighted by molar-refractivity contribution is -0.139. The van der Waals surface area contributed by atoms with Gasteiger partial charge in [-0.3, -0.25) is 14.5 Å². The highest BCUT2D eigenvalue weighted by Crippen LogP contribution is 2.33. The fourth-order valence-corrected chi connectivity index (χ4v) is 5.62. The maximum absolute atomic E-state index is 12.7. The van der Waals surface area contributed by atoms with E-state index >= 15 is 0 Å². The number of nitrogens with one attached hydrogen (secondary N) is 1. The number of carbonyl (C=O) groups excluding carboxylic acids is 3. The zero-order valence-electron chi connectivity index (χ0n) is 13.8. The standard InChI is InChI=1S/C15H23N3O5S/c1-17(11-5-8-24(22,23)10-11)12(19)9-18-13(20)15(16-14(18)21)6-3-2-4-7-15/h11H,2-10H2,1H3,(H,16,21)/t11-/m1/s1. The summed E-state index contributed by atoms with van der Waals surface area (Å²) < 4.78 is 23.1. The molecular weight excluding hydrogens is 334 g/mol. The van der Waals surface area contributed by atoms with E-state index in [4.69, 9.17) is 0 Å². The Morgan fingerprint density at radius 2 is 1.96 bits per heavy atom. The average molecular weight is 357 g/mol. The van der Waals surface area contributed by atoms with Crippen LogP contribution >= 0.6 is 0 Å². The van der Waals surface area contributed by atoms with Crippen LogP contribution in [0.25, 0.3) is 0 Å². The Morgan fingerprint density at radius 3 is 2.54 bits per heavy atom. The van der Waals surface area contributed by atoms with E-state index in [-0.39, 0.29) is 30.0 Å². The highest BCUT2D eigenvalue weighted by atomic mass is 32.2. The van der Waals surface area contributed by atoms with Crippen molar-refractivity contribution in [2.75, 3.05) is 25.1 Å². The molecule has 4 amide bonds. The fourth-order valence-electron chi connectivity index (χ4n) is 3.85. The molecule has 1 N–H and O–H groups in total. The third kappa shape index (κ3) is 3.01. The molecule has 1 aliphatic carbocycles. The SMILES string of the molecule is CN(C(=O)CN1C(=O)NC2(CCCCC2)C1=O)[C@@H]1CCS(=O)(=O)C1. The average Bonchev–Trinajstić information content (AvgIpc) is 3.00. The van der Waals surface area contributed by atoms with Gasteiger partial charge in [0.2, 0.25) is 5.91 Å². The van der Waals surface area contributed by atoms with Crippen LogP contribution < -0.4 is 5.32 Å². The first-order chi connectivity index (χ1) is 11.2. The highest BCUT2D eigenvalue weighted by molar-refractivity contribution is 7.91. The summed E-state index contributed by atoms with van der Waals surface area (Å²) in [4.78, 5) is 39.6. The summed E-state index contributed by atoms with van der Waals surface area (Å²) in [6.45, 7) is -0.334. The molecule has 0 unspecified atom stereocenters. The molecule has 3 fully saturated rings. The maximum atomic E-state index is 12.7. The van der Waals surface area contributed by atoms with Gasteiger partial charge in [0.25, 0.3) is 5.91 Å². The summed E-state index contributed by atoms with van der Waals surface area (Å²) in [6, 6.07) is -0.908. The zero-order valence-corrected chi connectivity index (χ0v) is 14.6. The molecule has 1 saturated carbocycles. The number of amides is 4. The van der Waals surface area contributed by atoms with Crippen molar-refractivity contribution in [3.63, 3.8) is 0 Å². The van der Waals surface area contributed by atoms with Gasteiger partial charge in [-0.1, -0.05) is 19.3 Å². The lowest BCUT2D eigenvalue weighted by atomic mass is 9.82. The molecule has 0 aromatic carbocycles. The molecule has 1 atom stereocenters. The second-order valence-corrected chi connectivity index (χ2v) is 9.25. The molecule has 0 aromatic heterocycles. The number of hydrogen-bond donors (Lipinski definition) is 1. The summed E-state index contributed by atoms with van der Waals surface area (Å²) in [5, 5.41) is 2.77. The van der Waals surface area contributed by atoms with Crippen LogP contribution in [0.5, 0.6) is 0 Å². The Balaban J connectivity index is 1.66. The Hall–Kier alpha value is -1.64. The largest absolute Gasteiger partial charge is 0.340 e. The van der Waals surface area contributed by atoms with Crippen molar-refractivity contribution in [2.45, 2.75) is 50.1 Å². The topological polar surface area (TPSA) is 104 Å². The molecule has 3 aliphatic rings. The van der Waals surface area contributed by atoms with Crippen molar-refractivity contribution in [2.24, 2.45) is 0 Å². The van der Waals surface area contributed by atoms with Gasteiger partial charge in [0.15, 0.2) is 9.84 Å². The Kier molecular flexibility index (Phi) is 4.31. The Bertz CT molecular complexity index is 669. The van der Waals surface area contributed by atoms with E-state index in [1.54, 1.807) is 0 Å². The van der Waals surface area contributed by atoms with Crippen molar-refractivity contribution in [3.8, 4) is 0 Å². The van der Waals surface area contributed by atoms with Crippen LogP contribution in [0.2, 0.25) is 0 Å². The molecule has 9 heteroatoms. The van der Waals surface area contributed by atoms with Gasteiger partial charge in [-0.15, -0.1) is 0 Å². The van der Waals surface area contributed by atoms with E-state index in [0.717, 1.165) is 24.2 Å². The second-order valence-electron chi connectivity index (χ2n) is 7.03. The molecule has 2 saturated heterocycles. The number of likely N-dealkylation sites (N-methyl/N-ethyl adjacent to an activating group) is 1. The summed E-state index contributed by atoms with van der Waals surface area (Å²) >= 11 is 0. The van der Waals surface area contributed by atoms with Crippen molar-refractivity contribution < 1.29 is 22.8 Å². The lowest BCUT2D eigenvalue weighted by Crippen LogP contribution is -2.49. The van der Waals surface area contributed by atoms with Crippen LogP contribution in [0.1, 0.15) is 38.5 Å². The Labute approximate surface area is 141 Å². The smallest absolute Gasteiger partial charge is 0.325 e. The minimum absolute atomic E-state index is 0.0562. The zero-order chi connectivity index (χ0) is 17.5. The molecule has 2 heterocycles. The van der Waals surface area contributed by atoms with Gasteiger partial charge in [0.05, 0.1) is 11.5 Å². The van der Waals surface area contributed by atoms with Crippen LogP contribution in [0, 0.1) is 0 Å². The van der Waals surface area contributed by atoms with Crippen molar-refractivity contribution in [1.82, 2.24) is 15.1 Å². The van der Waals surface area contributed by atoms with Gasteiger partial charge in [-0.2, -0.15) is 0 Å². The van der Waals surface area contributed by atoms with E-state index in [0.29, 0.717) is 19.3 Å². The molecule has 1 spiro atoms. The number of rotatable bonds is 3. The summed E-state index contributed by atoms with van der Waals surface area (Å²) in [6.07, 6.45) is 4.43. The monoisotopic (exact) mass is 357 g/mol. The van der Waals surface area contributed by atoms with Crippen LogP contribution in [0.3, 0.4) is 0 Å². The summed E-state index contributed by atoms with van der Waals surface area (Å²) in [5.41, 5.74) is -0.842. The normalized spacial score (nSPS) is 28.2. The molecule has 0 aromatic rings. The predicted octanol–water partition coefficient (Wildman–Crippen LogP) is -0.113. The predicted molar refractivity (Wildman–Crippen MR) is 85.9 cm³/mol. The maximum Gasteiger partial charge on any atom is 0.325 e. The van der Waals surface area contributed by atoms with Gasteiger partial charge in [0.1, 0.15) is 12.1 Å². The van der Waals surface area contributed by atoms with E-state index in [9.17, 15) is 22.8 Å². The number of sulfone groups is 1. The molecule has 0 radical (unpaired) electrons. The molecule has 8 nitrogen and oxygen atoms in total. The van der Waals surface area contributed by atoms with Crippen LogP contribution in [-0.2, 0) is 19.4 Å². The highest BCUT2D eigenvalue weighted by Gasteiger charge is 2.51. The molecule has 24 heavy (non-hydrogen) atoms. The first-order valence-electron chi connectivity index (χ1n) is 8.34. The van der Waals surface area contributed by atoms with Crippen LogP contribution in [-0.4, -0.2) is 72.7 Å². The number of hydrogen-bond acceptors (Lipinski definition) is 5. The van der Waals surface area contributed by atoms with E-state index in [1.807, 2.05) is 0 Å². The minimum Gasteiger partial charge on any atom is -0.340 e. The minimum atomic E-state index is -3.10. The van der Waals surface area contributed by atoms with Crippen molar-refractivity contribution in [3.05, 3.63) is 0 Å². The van der Waals surface area contributed by atoms with Crippen LogP contribution in [0.4, 0.5) is 4.79 Å². The number of carbonyl (C=O) groups is 3. The van der Waals surface area contributed by atoms with Crippen molar-refractivity contribution in [1.29, 1.82) is 0 Å². The number of imide groups is 1. The summed E-state index contributed by atoms with van der Waals surface area (Å²) in [5.74, 6) is -0.720. The number of urea groups is 1. The molecule has 134 valence electrons. The molecule has 2 aliphatic heterocycles. The third-order valence-corrected chi connectivity index (χ3v) is 7.15. The van der Waals surface area contributed by atoms with Gasteiger partial charge in [0, 0.05) is 13.1 Å². The van der Waals surface area contributed by atoms with Crippen molar-refractivity contribution >= 4 is 27.7 Å².